The second-order valence-electron chi connectivity index (χ2n) is 4.64. The van der Waals surface area contributed by atoms with Crippen molar-refractivity contribution < 1.29 is 23.7 Å². The second kappa shape index (κ2) is 4.58. The minimum Gasteiger partial charge on any atom is -0.376 e. The molecule has 0 spiro atoms. The SMILES string of the molecule is COC1COC2COC(C)(C)O[C@@H]2C1OC. The van der Waals surface area contributed by atoms with Gasteiger partial charge >= 0.3 is 0 Å². The lowest BCUT2D eigenvalue weighted by atomic mass is 9.98. The van der Waals surface area contributed by atoms with E-state index in [0.717, 1.165) is 0 Å². The summed E-state index contributed by atoms with van der Waals surface area (Å²) in [5.74, 6) is -0.586. The van der Waals surface area contributed by atoms with E-state index in [1.54, 1.807) is 14.2 Å². The highest BCUT2D eigenvalue weighted by Crippen LogP contribution is 2.31. The molecule has 0 aromatic rings. The Kier molecular flexibility index (Phi) is 3.51. The first-order valence-corrected chi connectivity index (χ1v) is 5.56. The number of hydrogen-bond acceptors (Lipinski definition) is 5. The average Bonchev–Trinajstić information content (AvgIpc) is 2.26. The van der Waals surface area contributed by atoms with E-state index >= 15 is 0 Å². The van der Waals surface area contributed by atoms with Crippen molar-refractivity contribution >= 4 is 0 Å². The Bertz CT molecular complexity index is 243. The molecule has 0 aromatic heterocycles. The van der Waals surface area contributed by atoms with Gasteiger partial charge in [-0.25, -0.2) is 0 Å². The third kappa shape index (κ3) is 2.24. The Morgan fingerprint density at radius 2 is 1.88 bits per heavy atom. The van der Waals surface area contributed by atoms with Crippen LogP contribution in [0.15, 0.2) is 0 Å². The summed E-state index contributed by atoms with van der Waals surface area (Å²) in [6, 6.07) is 0. The fourth-order valence-electron chi connectivity index (χ4n) is 2.25. The van der Waals surface area contributed by atoms with Crippen LogP contribution in [-0.4, -0.2) is 57.6 Å². The molecule has 0 aromatic carbocycles. The first-order chi connectivity index (χ1) is 7.57. The molecule has 94 valence electrons. The minimum absolute atomic E-state index is 0.0654. The number of ether oxygens (including phenoxy) is 5. The zero-order valence-corrected chi connectivity index (χ0v) is 10.3. The Balaban J connectivity index is 2.11. The summed E-state index contributed by atoms with van der Waals surface area (Å²) in [4.78, 5) is 0. The predicted molar refractivity (Wildman–Crippen MR) is 56.2 cm³/mol. The lowest BCUT2D eigenvalue weighted by Crippen LogP contribution is -2.62. The van der Waals surface area contributed by atoms with Gasteiger partial charge in [0.25, 0.3) is 0 Å². The second-order valence-corrected chi connectivity index (χ2v) is 4.64. The molecule has 5 nitrogen and oxygen atoms in total. The first kappa shape index (κ1) is 12.3. The maximum atomic E-state index is 5.86. The summed E-state index contributed by atoms with van der Waals surface area (Å²) < 4.78 is 27.9. The Morgan fingerprint density at radius 3 is 2.50 bits per heavy atom. The van der Waals surface area contributed by atoms with Crippen molar-refractivity contribution in [2.75, 3.05) is 27.4 Å². The smallest absolute Gasteiger partial charge is 0.163 e. The molecule has 0 saturated carbocycles. The van der Waals surface area contributed by atoms with Crippen LogP contribution >= 0.6 is 0 Å². The van der Waals surface area contributed by atoms with Crippen LogP contribution in [-0.2, 0) is 23.7 Å². The summed E-state index contributed by atoms with van der Waals surface area (Å²) in [5, 5.41) is 0. The molecule has 5 heteroatoms. The third-order valence-corrected chi connectivity index (χ3v) is 3.12. The van der Waals surface area contributed by atoms with Gasteiger partial charge in [-0.15, -0.1) is 0 Å². The van der Waals surface area contributed by atoms with Crippen molar-refractivity contribution in [3.8, 4) is 0 Å². The van der Waals surface area contributed by atoms with Gasteiger partial charge in [-0.05, 0) is 13.8 Å². The molecule has 3 unspecified atom stereocenters. The first-order valence-electron chi connectivity index (χ1n) is 5.56. The minimum atomic E-state index is -0.586. The summed E-state index contributed by atoms with van der Waals surface area (Å²) in [5.41, 5.74) is 0. The highest BCUT2D eigenvalue weighted by molar-refractivity contribution is 4.92. The van der Waals surface area contributed by atoms with Crippen molar-refractivity contribution in [3.63, 3.8) is 0 Å². The van der Waals surface area contributed by atoms with Crippen molar-refractivity contribution in [1.29, 1.82) is 0 Å². The van der Waals surface area contributed by atoms with Gasteiger partial charge in [-0.2, -0.15) is 0 Å². The van der Waals surface area contributed by atoms with E-state index in [4.69, 9.17) is 23.7 Å². The Labute approximate surface area is 95.9 Å². The van der Waals surface area contributed by atoms with Gasteiger partial charge in [-0.3, -0.25) is 0 Å². The van der Waals surface area contributed by atoms with Gasteiger partial charge in [0.05, 0.1) is 13.2 Å². The predicted octanol–water partition coefficient (Wildman–Crippen LogP) is 0.567. The molecule has 2 heterocycles. The molecule has 16 heavy (non-hydrogen) atoms. The lowest BCUT2D eigenvalue weighted by molar-refractivity contribution is -0.350. The van der Waals surface area contributed by atoms with Gasteiger partial charge in [0.1, 0.15) is 24.4 Å². The van der Waals surface area contributed by atoms with E-state index in [0.29, 0.717) is 13.2 Å². The quantitative estimate of drug-likeness (QED) is 0.696. The standard InChI is InChI=1S/C11H20O5/c1-11(2)15-6-8-10(16-11)9(13-4)7(12-3)5-14-8/h7-10H,5-6H2,1-4H3/t7?,8?,9?,10-/m0/s1. The van der Waals surface area contributed by atoms with Crippen LogP contribution in [0.5, 0.6) is 0 Å². The molecule has 2 fully saturated rings. The normalized spacial score (nSPS) is 42.8. The summed E-state index contributed by atoms with van der Waals surface area (Å²) in [6.45, 7) is 4.84. The topological polar surface area (TPSA) is 46.2 Å². The van der Waals surface area contributed by atoms with Crippen LogP contribution < -0.4 is 0 Å². The molecule has 2 aliphatic heterocycles. The number of hydrogen-bond donors (Lipinski definition) is 0. The van der Waals surface area contributed by atoms with Gasteiger partial charge in [0.2, 0.25) is 0 Å². The van der Waals surface area contributed by atoms with E-state index < -0.39 is 5.79 Å². The van der Waals surface area contributed by atoms with Crippen molar-refractivity contribution in [2.45, 2.75) is 44.1 Å². The Morgan fingerprint density at radius 1 is 1.12 bits per heavy atom. The highest BCUT2D eigenvalue weighted by Gasteiger charge is 2.47. The highest BCUT2D eigenvalue weighted by atomic mass is 16.7. The summed E-state index contributed by atoms with van der Waals surface area (Å²) >= 11 is 0. The van der Waals surface area contributed by atoms with Crippen molar-refractivity contribution in [3.05, 3.63) is 0 Å². The van der Waals surface area contributed by atoms with Crippen LogP contribution in [0, 0.1) is 0 Å². The van der Waals surface area contributed by atoms with E-state index in [2.05, 4.69) is 0 Å². The Hall–Kier alpha value is -0.200. The van der Waals surface area contributed by atoms with Gasteiger partial charge < -0.3 is 23.7 Å². The zero-order valence-electron chi connectivity index (χ0n) is 10.3. The van der Waals surface area contributed by atoms with Crippen molar-refractivity contribution in [2.24, 2.45) is 0 Å². The number of fused-ring (bicyclic) bond motifs is 1. The van der Waals surface area contributed by atoms with Crippen LogP contribution in [0.2, 0.25) is 0 Å². The van der Waals surface area contributed by atoms with Gasteiger partial charge in [-0.1, -0.05) is 0 Å². The monoisotopic (exact) mass is 232 g/mol. The van der Waals surface area contributed by atoms with Crippen LogP contribution in [0.4, 0.5) is 0 Å². The zero-order chi connectivity index (χ0) is 11.8. The fraction of sp³-hybridized carbons (Fsp3) is 1.00. The number of rotatable bonds is 2. The molecule has 0 amide bonds. The molecule has 0 N–H and O–H groups in total. The maximum Gasteiger partial charge on any atom is 0.163 e. The van der Waals surface area contributed by atoms with Crippen LogP contribution in [0.1, 0.15) is 13.8 Å². The van der Waals surface area contributed by atoms with Gasteiger partial charge in [0.15, 0.2) is 5.79 Å². The van der Waals surface area contributed by atoms with E-state index in [-0.39, 0.29) is 24.4 Å². The van der Waals surface area contributed by atoms with Gasteiger partial charge in [0, 0.05) is 14.2 Å². The molecule has 2 aliphatic rings. The molecular weight excluding hydrogens is 212 g/mol. The largest absolute Gasteiger partial charge is 0.376 e. The molecular formula is C11H20O5. The van der Waals surface area contributed by atoms with E-state index in [9.17, 15) is 0 Å². The molecule has 0 aliphatic carbocycles. The van der Waals surface area contributed by atoms with E-state index in [1.807, 2.05) is 13.8 Å². The average molecular weight is 232 g/mol. The summed E-state index contributed by atoms with van der Waals surface area (Å²) in [7, 11) is 3.33. The number of methoxy groups -OCH3 is 2. The molecule has 0 radical (unpaired) electrons. The van der Waals surface area contributed by atoms with Crippen LogP contribution in [0.3, 0.4) is 0 Å². The molecule has 4 atom stereocenters. The lowest BCUT2D eigenvalue weighted by Gasteiger charge is -2.48. The van der Waals surface area contributed by atoms with Crippen LogP contribution in [0.25, 0.3) is 0 Å². The van der Waals surface area contributed by atoms with Crippen molar-refractivity contribution in [1.82, 2.24) is 0 Å². The molecule has 0 bridgehead atoms. The summed E-state index contributed by atoms with van der Waals surface area (Å²) in [6.07, 6.45) is -0.385. The molecule has 2 rings (SSSR count). The third-order valence-electron chi connectivity index (χ3n) is 3.12. The molecule has 2 saturated heterocycles. The van der Waals surface area contributed by atoms with E-state index in [1.165, 1.54) is 0 Å². The fourth-order valence-corrected chi connectivity index (χ4v) is 2.25. The maximum absolute atomic E-state index is 5.86.